The maximum absolute atomic E-state index is 12.9. The molecule has 1 nitrogen and oxygen atoms in total. The molecule has 2 aromatic rings. The van der Waals surface area contributed by atoms with Crippen molar-refractivity contribution in [1.29, 1.82) is 0 Å². The van der Waals surface area contributed by atoms with Crippen molar-refractivity contribution >= 4 is 27.7 Å². The molecule has 3 heteroatoms. The Hall–Kier alpha value is -1.22. The third kappa shape index (κ3) is 5.41. The molecule has 0 saturated heterocycles. The standard InChI is InChI=1S/C9H5FOS.3C2H6/c10-8-5-12-9-3-6(4-11)1-2-7(8)9;3*1-2/h1-5H;3*1-2H3. The zero-order valence-electron chi connectivity index (χ0n) is 12.1. The molecule has 0 radical (unpaired) electrons. The van der Waals surface area contributed by atoms with Crippen LogP contribution in [0.5, 0.6) is 0 Å². The van der Waals surface area contributed by atoms with Gasteiger partial charge in [-0.25, -0.2) is 4.39 Å². The van der Waals surface area contributed by atoms with E-state index >= 15 is 0 Å². The lowest BCUT2D eigenvalue weighted by molar-refractivity contribution is 0.112. The fourth-order valence-electron chi connectivity index (χ4n) is 1.09. The van der Waals surface area contributed by atoms with Gasteiger partial charge in [-0.15, -0.1) is 11.3 Å². The molecule has 0 bridgehead atoms. The monoisotopic (exact) mass is 270 g/mol. The van der Waals surface area contributed by atoms with Crippen molar-refractivity contribution in [1.82, 2.24) is 0 Å². The fourth-order valence-corrected chi connectivity index (χ4v) is 1.94. The second-order valence-electron chi connectivity index (χ2n) is 2.46. The minimum absolute atomic E-state index is 0.215. The van der Waals surface area contributed by atoms with Crippen LogP contribution in [0.1, 0.15) is 51.9 Å². The third-order valence-electron chi connectivity index (χ3n) is 1.69. The molecule has 0 N–H and O–H groups in total. The minimum Gasteiger partial charge on any atom is -0.298 e. The van der Waals surface area contributed by atoms with Gasteiger partial charge in [-0.2, -0.15) is 0 Å². The Labute approximate surface area is 114 Å². The van der Waals surface area contributed by atoms with Crippen molar-refractivity contribution < 1.29 is 9.18 Å². The first-order valence-electron chi connectivity index (χ1n) is 6.43. The van der Waals surface area contributed by atoms with Crippen molar-refractivity contribution in [2.75, 3.05) is 0 Å². The summed E-state index contributed by atoms with van der Waals surface area (Å²) in [4.78, 5) is 10.4. The topological polar surface area (TPSA) is 17.1 Å². The van der Waals surface area contributed by atoms with Crippen LogP contribution >= 0.6 is 11.3 Å². The van der Waals surface area contributed by atoms with E-state index in [1.807, 2.05) is 41.5 Å². The van der Waals surface area contributed by atoms with E-state index in [9.17, 15) is 9.18 Å². The Kier molecular flexibility index (Phi) is 13.0. The Bertz CT molecular complexity index is 435. The molecule has 1 heterocycles. The van der Waals surface area contributed by atoms with E-state index in [4.69, 9.17) is 0 Å². The van der Waals surface area contributed by atoms with Crippen molar-refractivity contribution in [2.24, 2.45) is 0 Å². The van der Waals surface area contributed by atoms with E-state index in [-0.39, 0.29) is 5.82 Å². The van der Waals surface area contributed by atoms with Gasteiger partial charge in [0.2, 0.25) is 0 Å². The van der Waals surface area contributed by atoms with Crippen LogP contribution in [0.2, 0.25) is 0 Å². The lowest BCUT2D eigenvalue weighted by Crippen LogP contribution is -1.77. The van der Waals surface area contributed by atoms with Gasteiger partial charge in [0.05, 0.1) is 0 Å². The number of carbonyl (C=O) groups excluding carboxylic acids is 1. The predicted octanol–water partition coefficient (Wildman–Crippen LogP) is 5.93. The first-order chi connectivity index (χ1) is 8.81. The van der Waals surface area contributed by atoms with Crippen LogP contribution in [0, 0.1) is 5.82 Å². The molecule has 0 aliphatic heterocycles. The Morgan fingerprint density at radius 3 is 2.11 bits per heavy atom. The van der Waals surface area contributed by atoms with E-state index in [0.29, 0.717) is 10.9 Å². The average Bonchev–Trinajstić information content (AvgIpc) is 2.86. The number of thiophene rings is 1. The molecule has 1 aromatic heterocycles. The van der Waals surface area contributed by atoms with Crippen LogP contribution < -0.4 is 0 Å². The summed E-state index contributed by atoms with van der Waals surface area (Å²) in [7, 11) is 0. The molecule has 102 valence electrons. The van der Waals surface area contributed by atoms with Crippen LogP contribution in [0.15, 0.2) is 23.6 Å². The summed E-state index contributed by atoms with van der Waals surface area (Å²) in [6, 6.07) is 4.94. The molecular formula is C15H23FOS. The number of aldehydes is 1. The fraction of sp³-hybridized carbons (Fsp3) is 0.400. The molecule has 2 rings (SSSR count). The van der Waals surface area contributed by atoms with Gasteiger partial charge in [0.25, 0.3) is 0 Å². The Morgan fingerprint density at radius 1 is 1.06 bits per heavy atom. The highest BCUT2D eigenvalue weighted by Crippen LogP contribution is 2.24. The third-order valence-corrected chi connectivity index (χ3v) is 2.60. The maximum Gasteiger partial charge on any atom is 0.150 e. The van der Waals surface area contributed by atoms with E-state index in [0.717, 1.165) is 11.0 Å². The molecule has 0 aliphatic rings. The number of carbonyl (C=O) groups is 1. The summed E-state index contributed by atoms with van der Waals surface area (Å²) in [5, 5.41) is 2.03. The summed E-state index contributed by atoms with van der Waals surface area (Å²) in [6.07, 6.45) is 0.761. The first-order valence-corrected chi connectivity index (χ1v) is 7.31. The summed E-state index contributed by atoms with van der Waals surface area (Å²) >= 11 is 1.31. The largest absolute Gasteiger partial charge is 0.298 e. The van der Waals surface area contributed by atoms with E-state index in [1.165, 1.54) is 16.7 Å². The van der Waals surface area contributed by atoms with Gasteiger partial charge in [-0.05, 0) is 12.1 Å². The maximum atomic E-state index is 12.9. The predicted molar refractivity (Wildman–Crippen MR) is 81.2 cm³/mol. The molecule has 0 amide bonds. The zero-order valence-corrected chi connectivity index (χ0v) is 12.9. The van der Waals surface area contributed by atoms with Crippen LogP contribution in [0.25, 0.3) is 10.1 Å². The molecule has 0 unspecified atom stereocenters. The highest BCUT2D eigenvalue weighted by Gasteiger charge is 2.02. The molecule has 1 aromatic carbocycles. The van der Waals surface area contributed by atoms with Gasteiger partial charge >= 0.3 is 0 Å². The zero-order chi connectivity index (χ0) is 14.6. The smallest absolute Gasteiger partial charge is 0.150 e. The molecule has 0 atom stereocenters. The Morgan fingerprint density at radius 2 is 1.61 bits per heavy atom. The van der Waals surface area contributed by atoms with Gasteiger partial charge < -0.3 is 0 Å². The van der Waals surface area contributed by atoms with Crippen molar-refractivity contribution in [3.63, 3.8) is 0 Å². The summed E-state index contributed by atoms with van der Waals surface area (Å²) in [5.74, 6) is -0.215. The van der Waals surface area contributed by atoms with E-state index in [2.05, 4.69) is 0 Å². The Balaban J connectivity index is 0. The first kappa shape index (κ1) is 19.1. The van der Waals surface area contributed by atoms with E-state index in [1.54, 1.807) is 18.2 Å². The number of rotatable bonds is 1. The molecule has 0 fully saturated rings. The summed E-state index contributed by atoms with van der Waals surface area (Å²) < 4.78 is 13.7. The SMILES string of the molecule is CC.CC.CC.O=Cc1ccc2c(F)csc2c1. The number of hydrogen-bond acceptors (Lipinski definition) is 2. The number of halogens is 1. The molecule has 0 aliphatic carbocycles. The second kappa shape index (κ2) is 12.2. The normalized spacial score (nSPS) is 7.94. The second-order valence-corrected chi connectivity index (χ2v) is 3.37. The lowest BCUT2D eigenvalue weighted by atomic mass is 10.2. The minimum atomic E-state index is -0.215. The van der Waals surface area contributed by atoms with Crippen molar-refractivity contribution in [3.8, 4) is 0 Å². The van der Waals surface area contributed by atoms with Gasteiger partial charge in [0, 0.05) is 21.0 Å². The van der Waals surface area contributed by atoms with Gasteiger partial charge in [0.15, 0.2) is 0 Å². The van der Waals surface area contributed by atoms with Crippen LogP contribution in [-0.2, 0) is 0 Å². The molecule has 0 saturated carbocycles. The number of fused-ring (bicyclic) bond motifs is 1. The molecule has 0 spiro atoms. The summed E-state index contributed by atoms with van der Waals surface area (Å²) in [5.41, 5.74) is 0.587. The van der Waals surface area contributed by atoms with Gasteiger partial charge in [-0.1, -0.05) is 47.6 Å². The number of benzene rings is 1. The molecule has 18 heavy (non-hydrogen) atoms. The van der Waals surface area contributed by atoms with Crippen LogP contribution in [0.3, 0.4) is 0 Å². The van der Waals surface area contributed by atoms with Gasteiger partial charge in [-0.3, -0.25) is 4.79 Å². The summed E-state index contributed by atoms with van der Waals surface area (Å²) in [6.45, 7) is 12.0. The lowest BCUT2D eigenvalue weighted by Gasteiger charge is -1.90. The van der Waals surface area contributed by atoms with Gasteiger partial charge in [0.1, 0.15) is 12.1 Å². The highest BCUT2D eigenvalue weighted by molar-refractivity contribution is 7.17. The van der Waals surface area contributed by atoms with Crippen molar-refractivity contribution in [3.05, 3.63) is 35.0 Å². The molecular weight excluding hydrogens is 247 g/mol. The van der Waals surface area contributed by atoms with E-state index < -0.39 is 0 Å². The van der Waals surface area contributed by atoms with Crippen LogP contribution in [-0.4, -0.2) is 6.29 Å². The quantitative estimate of drug-likeness (QED) is 0.587. The van der Waals surface area contributed by atoms with Crippen LogP contribution in [0.4, 0.5) is 4.39 Å². The van der Waals surface area contributed by atoms with Crippen molar-refractivity contribution in [2.45, 2.75) is 41.5 Å². The average molecular weight is 270 g/mol. The highest BCUT2D eigenvalue weighted by atomic mass is 32.1. The number of hydrogen-bond donors (Lipinski definition) is 0.